The molecule has 0 atom stereocenters. The van der Waals surface area contributed by atoms with E-state index in [0.29, 0.717) is 6.42 Å². The maximum atomic E-state index is 4.84. The Balaban J connectivity index is 1.47. The number of hydrazone groups is 1. The van der Waals surface area contributed by atoms with Gasteiger partial charge in [-0.05, 0) is 17.7 Å². The number of amidine groups is 1. The predicted molar refractivity (Wildman–Crippen MR) is 123 cm³/mol. The molecule has 0 radical (unpaired) electrons. The van der Waals surface area contributed by atoms with E-state index in [1.807, 2.05) is 82.6 Å². The highest BCUT2D eigenvalue weighted by Gasteiger charge is 2.23. The third kappa shape index (κ3) is 3.73. The molecule has 0 saturated heterocycles. The van der Waals surface area contributed by atoms with E-state index in [9.17, 15) is 0 Å². The van der Waals surface area contributed by atoms with Crippen molar-refractivity contribution < 1.29 is 0 Å². The van der Waals surface area contributed by atoms with E-state index in [1.165, 1.54) is 5.56 Å². The number of hydrogen-bond acceptors (Lipinski definition) is 4. The Morgan fingerprint density at radius 2 is 1.47 bits per heavy atom. The highest BCUT2D eigenvalue weighted by atomic mass is 15.6. The normalized spacial score (nSPS) is 13.1. The number of imidazole rings is 1. The fourth-order valence-electron chi connectivity index (χ4n) is 3.38. The van der Waals surface area contributed by atoms with E-state index in [1.54, 1.807) is 0 Å². The molecule has 30 heavy (non-hydrogen) atoms. The van der Waals surface area contributed by atoms with Crippen molar-refractivity contribution in [3.63, 3.8) is 0 Å². The molecule has 0 unspecified atom stereocenters. The van der Waals surface area contributed by atoms with Crippen LogP contribution in [0.25, 0.3) is 17.3 Å². The van der Waals surface area contributed by atoms with Gasteiger partial charge in [-0.2, -0.15) is 5.01 Å². The topological polar surface area (TPSA) is 45.5 Å². The quantitative estimate of drug-likeness (QED) is 0.477. The van der Waals surface area contributed by atoms with Gasteiger partial charge in [0.1, 0.15) is 5.84 Å². The molecule has 146 valence electrons. The molecule has 1 aromatic heterocycles. The Morgan fingerprint density at radius 1 is 0.800 bits per heavy atom. The van der Waals surface area contributed by atoms with Crippen LogP contribution in [0.15, 0.2) is 108 Å². The molecule has 5 rings (SSSR count). The van der Waals surface area contributed by atoms with Crippen molar-refractivity contribution in [1.82, 2.24) is 9.66 Å². The Kier molecular flexibility index (Phi) is 4.84. The summed E-state index contributed by atoms with van der Waals surface area (Å²) in [5.41, 5.74) is 7.49. The van der Waals surface area contributed by atoms with Crippen LogP contribution in [-0.2, 0) is 0 Å². The molecule has 5 nitrogen and oxygen atoms in total. The van der Waals surface area contributed by atoms with Gasteiger partial charge in [-0.25, -0.2) is 9.66 Å². The maximum Gasteiger partial charge on any atom is 0.251 e. The lowest BCUT2D eigenvalue weighted by Crippen LogP contribution is -2.33. The minimum atomic E-state index is 0.677. The molecule has 0 saturated carbocycles. The Bertz CT molecular complexity index is 1180. The van der Waals surface area contributed by atoms with Crippen molar-refractivity contribution in [2.75, 3.05) is 10.4 Å². The number of aromatic nitrogens is 2. The van der Waals surface area contributed by atoms with Crippen molar-refractivity contribution >= 4 is 23.5 Å². The van der Waals surface area contributed by atoms with Gasteiger partial charge in [0.2, 0.25) is 0 Å². The van der Waals surface area contributed by atoms with E-state index < -0.39 is 0 Å². The number of nitrogens with zero attached hydrogens (tertiary/aromatic N) is 4. The average molecular weight is 391 g/mol. The van der Waals surface area contributed by atoms with E-state index in [2.05, 4.69) is 41.8 Å². The molecule has 0 aliphatic carbocycles. The highest BCUT2D eigenvalue weighted by molar-refractivity contribution is 5.94. The summed E-state index contributed by atoms with van der Waals surface area (Å²) in [7, 11) is 0. The number of fused-ring (bicyclic) bond motifs is 1. The molecule has 1 N–H and O–H groups in total. The van der Waals surface area contributed by atoms with E-state index in [0.717, 1.165) is 28.7 Å². The zero-order chi connectivity index (χ0) is 20.2. The van der Waals surface area contributed by atoms with Gasteiger partial charge in [-0.1, -0.05) is 91.0 Å². The number of anilines is 2. The van der Waals surface area contributed by atoms with E-state index in [4.69, 9.17) is 10.1 Å². The lowest BCUT2D eigenvalue weighted by Gasteiger charge is -2.26. The largest absolute Gasteiger partial charge is 0.277 e. The second kappa shape index (κ2) is 8.09. The smallest absolute Gasteiger partial charge is 0.251 e. The van der Waals surface area contributed by atoms with Crippen LogP contribution in [0, 0.1) is 0 Å². The lowest BCUT2D eigenvalue weighted by molar-refractivity contribution is 0.853. The van der Waals surface area contributed by atoms with Gasteiger partial charge in [0, 0.05) is 12.0 Å². The molecular weight excluding hydrogens is 370 g/mol. The standard InChI is InChI=1S/C25H21N5/c1-4-11-20(12-5-1)13-10-18-24-27-29-19-23(21-14-6-2-7-15-21)26-25(29)30(28-24)22-16-8-3-9-17-22/h1-17,19H,18H2,(H,27,28). The Hall–Kier alpha value is -4.12. The van der Waals surface area contributed by atoms with Crippen molar-refractivity contribution in [1.29, 1.82) is 0 Å². The zero-order valence-corrected chi connectivity index (χ0v) is 16.4. The van der Waals surface area contributed by atoms with Gasteiger partial charge in [0.15, 0.2) is 0 Å². The first kappa shape index (κ1) is 17.9. The second-order valence-corrected chi connectivity index (χ2v) is 6.99. The molecule has 4 aromatic rings. The zero-order valence-electron chi connectivity index (χ0n) is 16.4. The first-order valence-corrected chi connectivity index (χ1v) is 9.93. The summed E-state index contributed by atoms with van der Waals surface area (Å²) in [5.74, 6) is 1.58. The first-order valence-electron chi connectivity index (χ1n) is 9.93. The molecule has 0 spiro atoms. The Morgan fingerprint density at radius 3 is 2.20 bits per heavy atom. The molecule has 0 amide bonds. The third-order valence-electron chi connectivity index (χ3n) is 4.84. The van der Waals surface area contributed by atoms with Gasteiger partial charge in [0.05, 0.1) is 17.6 Å². The fourth-order valence-corrected chi connectivity index (χ4v) is 3.38. The van der Waals surface area contributed by atoms with Gasteiger partial charge in [0.25, 0.3) is 5.95 Å². The molecule has 3 aromatic carbocycles. The van der Waals surface area contributed by atoms with Crippen LogP contribution in [0.3, 0.4) is 0 Å². The van der Waals surface area contributed by atoms with E-state index >= 15 is 0 Å². The lowest BCUT2D eigenvalue weighted by atomic mass is 10.2. The number of rotatable bonds is 5. The summed E-state index contributed by atoms with van der Waals surface area (Å²) >= 11 is 0. The number of benzene rings is 3. The van der Waals surface area contributed by atoms with Crippen molar-refractivity contribution in [2.45, 2.75) is 6.42 Å². The molecular formula is C25H21N5. The maximum absolute atomic E-state index is 4.84. The summed E-state index contributed by atoms with van der Waals surface area (Å²) in [4.78, 5) is 4.84. The van der Waals surface area contributed by atoms with Crippen LogP contribution < -0.4 is 10.4 Å². The molecule has 1 aliphatic heterocycles. The summed E-state index contributed by atoms with van der Waals surface area (Å²) < 4.78 is 1.94. The molecule has 2 heterocycles. The fraction of sp³-hybridized carbons (Fsp3) is 0.0400. The minimum absolute atomic E-state index is 0.677. The molecule has 0 bridgehead atoms. The molecule has 5 heteroatoms. The minimum Gasteiger partial charge on any atom is -0.277 e. The van der Waals surface area contributed by atoms with Crippen LogP contribution in [0.5, 0.6) is 0 Å². The van der Waals surface area contributed by atoms with Crippen molar-refractivity contribution in [2.24, 2.45) is 5.10 Å². The summed E-state index contributed by atoms with van der Waals surface area (Å²) in [5, 5.41) is 6.72. The third-order valence-corrected chi connectivity index (χ3v) is 4.84. The van der Waals surface area contributed by atoms with Crippen LogP contribution >= 0.6 is 0 Å². The van der Waals surface area contributed by atoms with Crippen LogP contribution in [-0.4, -0.2) is 15.5 Å². The predicted octanol–water partition coefficient (Wildman–Crippen LogP) is 5.66. The average Bonchev–Trinajstić information content (AvgIpc) is 3.25. The van der Waals surface area contributed by atoms with Gasteiger partial charge >= 0.3 is 0 Å². The number of nitrogens with one attached hydrogen (secondary N) is 1. The van der Waals surface area contributed by atoms with Gasteiger partial charge < -0.3 is 0 Å². The van der Waals surface area contributed by atoms with Crippen LogP contribution in [0.2, 0.25) is 0 Å². The van der Waals surface area contributed by atoms with Crippen LogP contribution in [0.4, 0.5) is 11.6 Å². The van der Waals surface area contributed by atoms with Crippen molar-refractivity contribution in [3.8, 4) is 11.3 Å². The summed E-state index contributed by atoms with van der Waals surface area (Å²) in [6, 6.07) is 30.5. The molecule has 1 aliphatic rings. The first-order chi connectivity index (χ1) is 14.9. The Labute approximate surface area is 175 Å². The van der Waals surface area contributed by atoms with Crippen molar-refractivity contribution in [3.05, 3.63) is 109 Å². The van der Waals surface area contributed by atoms with Gasteiger partial charge in [-0.15, -0.1) is 5.10 Å². The molecule has 0 fully saturated rings. The summed E-state index contributed by atoms with van der Waals surface area (Å²) in [6.45, 7) is 0. The van der Waals surface area contributed by atoms with Crippen LogP contribution in [0.1, 0.15) is 12.0 Å². The second-order valence-electron chi connectivity index (χ2n) is 6.99. The van der Waals surface area contributed by atoms with Gasteiger partial charge in [-0.3, -0.25) is 5.43 Å². The number of hydrogen-bond donors (Lipinski definition) is 1. The number of para-hydroxylation sites is 1. The monoisotopic (exact) mass is 391 g/mol. The highest BCUT2D eigenvalue weighted by Crippen LogP contribution is 2.30. The van der Waals surface area contributed by atoms with E-state index in [-0.39, 0.29) is 0 Å². The summed E-state index contributed by atoms with van der Waals surface area (Å²) in [6.07, 6.45) is 6.91. The SMILES string of the molecule is C(=Cc1ccccc1)CC1=NN(c2ccccc2)c2nc(-c3ccccc3)cn2N1.